The molecule has 0 bridgehead atoms. The van der Waals surface area contributed by atoms with E-state index < -0.39 is 0 Å². The van der Waals surface area contributed by atoms with Crippen molar-refractivity contribution < 1.29 is 4.74 Å². The Morgan fingerprint density at radius 3 is 2.71 bits per heavy atom. The Balaban J connectivity index is 2.04. The molecule has 0 spiro atoms. The Hall–Kier alpha value is -1.12. The van der Waals surface area contributed by atoms with E-state index in [-0.39, 0.29) is 0 Å². The van der Waals surface area contributed by atoms with E-state index in [4.69, 9.17) is 4.74 Å². The third-order valence-corrected chi connectivity index (χ3v) is 3.63. The van der Waals surface area contributed by atoms with E-state index >= 15 is 0 Å². The minimum absolute atomic E-state index is 0.747. The summed E-state index contributed by atoms with van der Waals surface area (Å²) in [5.74, 6) is 0. The molecule has 2 heteroatoms. The average molecular weight is 289 g/mol. The maximum Gasteiger partial charge on any atom is 0.0719 e. The predicted molar refractivity (Wildman–Crippen MR) is 72.9 cm³/mol. The van der Waals surface area contributed by atoms with Gasteiger partial charge in [0.2, 0.25) is 0 Å². The molecule has 0 saturated carbocycles. The van der Waals surface area contributed by atoms with Crippen molar-refractivity contribution in [3.8, 4) is 11.1 Å². The molecule has 0 amide bonds. The van der Waals surface area contributed by atoms with Gasteiger partial charge in [0, 0.05) is 4.47 Å². The lowest BCUT2D eigenvalue weighted by molar-refractivity contribution is 0.111. The second-order valence-corrected chi connectivity index (χ2v) is 5.21. The smallest absolute Gasteiger partial charge is 0.0719 e. The first-order valence-corrected chi connectivity index (χ1v) is 6.58. The van der Waals surface area contributed by atoms with E-state index in [0.29, 0.717) is 0 Å². The lowest BCUT2D eigenvalue weighted by Gasteiger charge is -2.17. The summed E-state index contributed by atoms with van der Waals surface area (Å²) in [5, 5.41) is 0. The lowest BCUT2D eigenvalue weighted by Crippen LogP contribution is -2.09. The predicted octanol–water partition coefficient (Wildman–Crippen LogP) is 4.19. The standard InChI is InChI=1S/C15H13BrO/c16-15-3-1-2-12(9-15)13-5-4-11-6-7-17-10-14(11)8-13/h1-5,8-9H,6-7,10H2. The maximum atomic E-state index is 5.50. The summed E-state index contributed by atoms with van der Waals surface area (Å²) in [7, 11) is 0. The van der Waals surface area contributed by atoms with Crippen LogP contribution in [-0.4, -0.2) is 6.61 Å². The molecule has 1 heterocycles. The molecule has 0 fully saturated rings. The molecule has 0 N–H and O–H groups in total. The zero-order valence-electron chi connectivity index (χ0n) is 9.45. The molecule has 0 aliphatic carbocycles. The van der Waals surface area contributed by atoms with Crippen LogP contribution in [0.2, 0.25) is 0 Å². The van der Waals surface area contributed by atoms with Gasteiger partial charge in [-0.25, -0.2) is 0 Å². The minimum Gasteiger partial charge on any atom is -0.376 e. The first kappa shape index (κ1) is 11.0. The molecule has 3 rings (SSSR count). The summed E-state index contributed by atoms with van der Waals surface area (Å²) >= 11 is 3.51. The summed E-state index contributed by atoms with van der Waals surface area (Å²) in [5.41, 5.74) is 5.26. The molecule has 0 aromatic heterocycles. The van der Waals surface area contributed by atoms with E-state index in [1.165, 1.54) is 22.3 Å². The highest BCUT2D eigenvalue weighted by molar-refractivity contribution is 9.10. The molecule has 86 valence electrons. The highest BCUT2D eigenvalue weighted by atomic mass is 79.9. The third-order valence-electron chi connectivity index (χ3n) is 3.14. The topological polar surface area (TPSA) is 9.23 Å². The monoisotopic (exact) mass is 288 g/mol. The second-order valence-electron chi connectivity index (χ2n) is 4.30. The Bertz CT molecular complexity index is 548. The van der Waals surface area contributed by atoms with Crippen LogP contribution in [-0.2, 0) is 17.8 Å². The van der Waals surface area contributed by atoms with Gasteiger partial charge in [0.15, 0.2) is 0 Å². The van der Waals surface area contributed by atoms with Crippen LogP contribution in [0.5, 0.6) is 0 Å². The van der Waals surface area contributed by atoms with Crippen LogP contribution in [0.25, 0.3) is 11.1 Å². The highest BCUT2D eigenvalue weighted by Crippen LogP contribution is 2.27. The van der Waals surface area contributed by atoms with E-state index in [1.54, 1.807) is 0 Å². The Kier molecular flexibility index (Phi) is 3.00. The van der Waals surface area contributed by atoms with Gasteiger partial charge in [0.05, 0.1) is 13.2 Å². The fraction of sp³-hybridized carbons (Fsp3) is 0.200. The van der Waals surface area contributed by atoms with Gasteiger partial charge in [0.25, 0.3) is 0 Å². The van der Waals surface area contributed by atoms with Gasteiger partial charge in [-0.3, -0.25) is 0 Å². The van der Waals surface area contributed by atoms with Gasteiger partial charge in [-0.05, 0) is 46.9 Å². The van der Waals surface area contributed by atoms with E-state index in [9.17, 15) is 0 Å². The summed E-state index contributed by atoms with van der Waals surface area (Å²) in [6, 6.07) is 15.1. The largest absolute Gasteiger partial charge is 0.376 e. The molecular formula is C15H13BrO. The summed E-state index contributed by atoms with van der Waals surface area (Å²) in [4.78, 5) is 0. The number of benzene rings is 2. The molecule has 1 aliphatic heterocycles. The van der Waals surface area contributed by atoms with E-state index in [2.05, 4.69) is 52.3 Å². The molecule has 0 unspecified atom stereocenters. The molecule has 1 nitrogen and oxygen atoms in total. The van der Waals surface area contributed by atoms with Crippen LogP contribution in [0.3, 0.4) is 0 Å². The van der Waals surface area contributed by atoms with E-state index in [1.807, 2.05) is 6.07 Å². The SMILES string of the molecule is Brc1cccc(-c2ccc3c(c2)COCC3)c1. The number of ether oxygens (including phenoxy) is 1. The zero-order valence-corrected chi connectivity index (χ0v) is 11.0. The van der Waals surface area contributed by atoms with Crippen LogP contribution in [0, 0.1) is 0 Å². The second kappa shape index (κ2) is 4.63. The summed E-state index contributed by atoms with van der Waals surface area (Å²) in [6.07, 6.45) is 1.04. The van der Waals surface area contributed by atoms with Crippen LogP contribution < -0.4 is 0 Å². The number of halogens is 1. The molecule has 17 heavy (non-hydrogen) atoms. The van der Waals surface area contributed by atoms with Crippen molar-refractivity contribution in [3.63, 3.8) is 0 Å². The molecule has 2 aromatic carbocycles. The van der Waals surface area contributed by atoms with Crippen LogP contribution >= 0.6 is 15.9 Å². The van der Waals surface area contributed by atoms with Crippen molar-refractivity contribution >= 4 is 15.9 Å². The lowest BCUT2D eigenvalue weighted by atomic mass is 9.97. The molecule has 0 radical (unpaired) electrons. The van der Waals surface area contributed by atoms with Gasteiger partial charge in [-0.15, -0.1) is 0 Å². The van der Waals surface area contributed by atoms with E-state index in [0.717, 1.165) is 24.1 Å². The van der Waals surface area contributed by atoms with Crippen LogP contribution in [0.15, 0.2) is 46.9 Å². The number of hydrogen-bond acceptors (Lipinski definition) is 1. The quantitative estimate of drug-likeness (QED) is 0.765. The van der Waals surface area contributed by atoms with Crippen molar-refractivity contribution in [2.24, 2.45) is 0 Å². The molecule has 0 atom stereocenters. The van der Waals surface area contributed by atoms with Crippen molar-refractivity contribution in [3.05, 3.63) is 58.1 Å². The third kappa shape index (κ3) is 2.28. The van der Waals surface area contributed by atoms with Crippen molar-refractivity contribution in [1.82, 2.24) is 0 Å². The maximum absolute atomic E-state index is 5.50. The van der Waals surface area contributed by atoms with Crippen molar-refractivity contribution in [2.75, 3.05) is 6.61 Å². The molecule has 0 saturated heterocycles. The fourth-order valence-electron chi connectivity index (χ4n) is 2.22. The fourth-order valence-corrected chi connectivity index (χ4v) is 2.62. The number of rotatable bonds is 1. The molecule has 1 aliphatic rings. The van der Waals surface area contributed by atoms with Crippen LogP contribution in [0.4, 0.5) is 0 Å². The molecular weight excluding hydrogens is 276 g/mol. The minimum atomic E-state index is 0.747. The zero-order chi connectivity index (χ0) is 11.7. The summed E-state index contributed by atoms with van der Waals surface area (Å²) in [6.45, 7) is 1.60. The van der Waals surface area contributed by atoms with Gasteiger partial charge >= 0.3 is 0 Å². The van der Waals surface area contributed by atoms with Gasteiger partial charge < -0.3 is 4.74 Å². The van der Waals surface area contributed by atoms with Crippen molar-refractivity contribution in [2.45, 2.75) is 13.0 Å². The summed E-state index contributed by atoms with van der Waals surface area (Å²) < 4.78 is 6.62. The highest BCUT2D eigenvalue weighted by Gasteiger charge is 2.10. The van der Waals surface area contributed by atoms with Crippen molar-refractivity contribution in [1.29, 1.82) is 0 Å². The number of fused-ring (bicyclic) bond motifs is 1. The first-order valence-electron chi connectivity index (χ1n) is 5.78. The normalized spacial score (nSPS) is 14.4. The Morgan fingerprint density at radius 1 is 0.941 bits per heavy atom. The number of hydrogen-bond donors (Lipinski definition) is 0. The first-order chi connectivity index (χ1) is 8.33. The average Bonchev–Trinajstić information content (AvgIpc) is 2.38. The van der Waals surface area contributed by atoms with Gasteiger partial charge in [-0.1, -0.05) is 40.2 Å². The Morgan fingerprint density at radius 2 is 1.82 bits per heavy atom. The Labute approximate surface area is 110 Å². The van der Waals surface area contributed by atoms with Gasteiger partial charge in [0.1, 0.15) is 0 Å². The van der Waals surface area contributed by atoms with Crippen LogP contribution in [0.1, 0.15) is 11.1 Å². The molecule has 2 aromatic rings. The van der Waals surface area contributed by atoms with Gasteiger partial charge in [-0.2, -0.15) is 0 Å².